The smallest absolute Gasteiger partial charge is 0.295 e. The highest BCUT2D eigenvalue weighted by atomic mass is 16.5. The van der Waals surface area contributed by atoms with Crippen LogP contribution in [-0.4, -0.2) is 67.0 Å². The predicted octanol–water partition coefficient (Wildman–Crippen LogP) is 3.86. The molecule has 0 aromatic heterocycles. The molecular weight excluding hydrogens is 420 g/mol. The van der Waals surface area contributed by atoms with Crippen molar-refractivity contribution in [3.63, 3.8) is 0 Å². The molecule has 176 valence electrons. The van der Waals surface area contributed by atoms with E-state index in [9.17, 15) is 14.7 Å². The summed E-state index contributed by atoms with van der Waals surface area (Å²) in [5, 5.41) is 11.1. The molecule has 7 heteroatoms. The number of carbonyl (C=O) groups excluding carboxylic acids is 2. The lowest BCUT2D eigenvalue weighted by Gasteiger charge is -2.28. The Morgan fingerprint density at radius 1 is 1.03 bits per heavy atom. The van der Waals surface area contributed by atoms with Crippen LogP contribution in [0.25, 0.3) is 5.76 Å². The van der Waals surface area contributed by atoms with Crippen molar-refractivity contribution in [2.24, 2.45) is 0 Å². The predicted molar refractivity (Wildman–Crippen MR) is 127 cm³/mol. The fourth-order valence-electron chi connectivity index (χ4n) is 4.24. The van der Waals surface area contributed by atoms with E-state index in [-0.39, 0.29) is 11.3 Å². The lowest BCUT2D eigenvalue weighted by atomic mass is 9.94. The molecule has 2 aromatic rings. The maximum absolute atomic E-state index is 13.2. The molecule has 0 aliphatic carbocycles. The Kier molecular flexibility index (Phi) is 8.11. The van der Waals surface area contributed by atoms with Gasteiger partial charge in [-0.25, -0.2) is 0 Å². The molecule has 1 amide bonds. The van der Waals surface area contributed by atoms with Crippen LogP contribution in [0.15, 0.2) is 54.1 Å². The molecular formula is C26H32N2O5. The summed E-state index contributed by atoms with van der Waals surface area (Å²) in [5.74, 6) is -0.444. The van der Waals surface area contributed by atoms with Crippen molar-refractivity contribution in [3.8, 4) is 11.5 Å². The number of amides is 1. The van der Waals surface area contributed by atoms with E-state index in [4.69, 9.17) is 9.47 Å². The second kappa shape index (κ2) is 11.0. The van der Waals surface area contributed by atoms with Crippen LogP contribution in [0.3, 0.4) is 0 Å². The van der Waals surface area contributed by atoms with Gasteiger partial charge in [0.1, 0.15) is 17.3 Å². The Morgan fingerprint density at radius 2 is 1.73 bits per heavy atom. The highest BCUT2D eigenvalue weighted by molar-refractivity contribution is 6.46. The van der Waals surface area contributed by atoms with E-state index in [1.54, 1.807) is 49.6 Å². The number of aliphatic hydroxyl groups excluding tert-OH is 1. The molecule has 7 nitrogen and oxygen atoms in total. The van der Waals surface area contributed by atoms with Gasteiger partial charge in [0, 0.05) is 17.7 Å². The molecule has 0 saturated carbocycles. The Morgan fingerprint density at radius 3 is 2.33 bits per heavy atom. The molecule has 1 heterocycles. The van der Waals surface area contributed by atoms with E-state index in [0.29, 0.717) is 35.6 Å². The van der Waals surface area contributed by atoms with Gasteiger partial charge < -0.3 is 24.4 Å². The molecule has 0 radical (unpaired) electrons. The van der Waals surface area contributed by atoms with Crippen molar-refractivity contribution in [1.82, 2.24) is 9.80 Å². The number of methoxy groups -OCH3 is 2. The number of ketones is 1. The summed E-state index contributed by atoms with van der Waals surface area (Å²) >= 11 is 0. The molecule has 0 unspecified atom stereocenters. The van der Waals surface area contributed by atoms with Crippen LogP contribution in [0.4, 0.5) is 0 Å². The number of hydrogen-bond donors (Lipinski definition) is 1. The monoisotopic (exact) mass is 452 g/mol. The number of hydrogen-bond acceptors (Lipinski definition) is 6. The Bertz CT molecular complexity index is 1010. The number of aliphatic hydroxyl groups is 1. The molecule has 1 saturated heterocycles. The molecule has 1 N–H and O–H groups in total. The first-order valence-corrected chi connectivity index (χ1v) is 11.2. The average Bonchev–Trinajstić information content (AvgIpc) is 3.11. The Labute approximate surface area is 195 Å². The van der Waals surface area contributed by atoms with Crippen molar-refractivity contribution in [1.29, 1.82) is 0 Å². The van der Waals surface area contributed by atoms with Crippen LogP contribution < -0.4 is 9.47 Å². The zero-order chi connectivity index (χ0) is 24.0. The fourth-order valence-corrected chi connectivity index (χ4v) is 4.24. The van der Waals surface area contributed by atoms with Crippen LogP contribution in [0, 0.1) is 0 Å². The quantitative estimate of drug-likeness (QED) is 0.335. The highest BCUT2D eigenvalue weighted by Crippen LogP contribution is 2.43. The van der Waals surface area contributed by atoms with E-state index in [0.717, 1.165) is 19.6 Å². The van der Waals surface area contributed by atoms with Gasteiger partial charge in [0.25, 0.3) is 11.7 Å². The molecule has 1 aliphatic heterocycles. The second-order valence-corrected chi connectivity index (χ2v) is 7.85. The van der Waals surface area contributed by atoms with Crippen LogP contribution in [0.5, 0.6) is 11.5 Å². The minimum atomic E-state index is -0.785. The average molecular weight is 453 g/mol. The molecule has 1 atom stereocenters. The molecule has 1 fully saturated rings. The van der Waals surface area contributed by atoms with Crippen LogP contribution in [0.1, 0.15) is 37.4 Å². The van der Waals surface area contributed by atoms with E-state index in [1.807, 2.05) is 6.07 Å². The van der Waals surface area contributed by atoms with Gasteiger partial charge in [-0.05, 0) is 44.3 Å². The summed E-state index contributed by atoms with van der Waals surface area (Å²) in [4.78, 5) is 30.1. The van der Waals surface area contributed by atoms with Crippen LogP contribution in [-0.2, 0) is 9.59 Å². The summed E-state index contributed by atoms with van der Waals surface area (Å²) in [5.41, 5.74) is 1.13. The van der Waals surface area contributed by atoms with Gasteiger partial charge in [0.05, 0.1) is 25.8 Å². The summed E-state index contributed by atoms with van der Waals surface area (Å²) in [7, 11) is 3.09. The van der Waals surface area contributed by atoms with E-state index in [2.05, 4.69) is 18.7 Å². The van der Waals surface area contributed by atoms with Crippen LogP contribution >= 0.6 is 0 Å². The molecule has 2 aromatic carbocycles. The van der Waals surface area contributed by atoms with Crippen molar-refractivity contribution in [3.05, 3.63) is 65.2 Å². The topological polar surface area (TPSA) is 79.3 Å². The summed E-state index contributed by atoms with van der Waals surface area (Å²) in [6, 6.07) is 13.3. The van der Waals surface area contributed by atoms with Crippen molar-refractivity contribution in [2.75, 3.05) is 40.4 Å². The fraction of sp³-hybridized carbons (Fsp3) is 0.385. The van der Waals surface area contributed by atoms with Crippen molar-refractivity contribution < 1.29 is 24.2 Å². The minimum Gasteiger partial charge on any atom is -0.507 e. The van der Waals surface area contributed by atoms with Gasteiger partial charge in [-0.1, -0.05) is 44.2 Å². The SMILES string of the molecule is CCN(CC)CCCN1C(=O)C(=O)/C(=C(\O)c2ccccc2)[C@@H]1c1cc(OC)ccc1OC. The van der Waals surface area contributed by atoms with E-state index < -0.39 is 17.7 Å². The van der Waals surface area contributed by atoms with Gasteiger partial charge in [0.2, 0.25) is 0 Å². The van der Waals surface area contributed by atoms with Crippen LogP contribution in [0.2, 0.25) is 0 Å². The highest BCUT2D eigenvalue weighted by Gasteiger charge is 2.47. The molecule has 33 heavy (non-hydrogen) atoms. The van der Waals surface area contributed by atoms with Crippen molar-refractivity contribution in [2.45, 2.75) is 26.3 Å². The standard InChI is InChI=1S/C26H32N2O5/c1-5-27(6-2)15-10-16-28-23(20-17-19(32-3)13-14-21(20)33-4)22(25(30)26(28)31)24(29)18-11-8-7-9-12-18/h7-9,11-14,17,23,29H,5-6,10,15-16H2,1-4H3/b24-22-/t23-/m0/s1. The largest absolute Gasteiger partial charge is 0.507 e. The summed E-state index contributed by atoms with van der Waals surface area (Å²) in [6.07, 6.45) is 0.697. The number of benzene rings is 2. The third kappa shape index (κ3) is 5.03. The third-order valence-corrected chi connectivity index (χ3v) is 6.09. The molecule has 3 rings (SSSR count). The maximum atomic E-state index is 13.2. The number of Topliss-reactive ketones (excluding diaryl/α,β-unsaturated/α-hetero) is 1. The first-order chi connectivity index (χ1) is 16.0. The molecule has 1 aliphatic rings. The van der Waals surface area contributed by atoms with E-state index >= 15 is 0 Å². The van der Waals surface area contributed by atoms with Gasteiger partial charge in [-0.2, -0.15) is 0 Å². The summed E-state index contributed by atoms with van der Waals surface area (Å²) in [6.45, 7) is 7.19. The van der Waals surface area contributed by atoms with Gasteiger partial charge in [0.15, 0.2) is 0 Å². The number of carbonyl (C=O) groups is 2. The molecule has 0 bridgehead atoms. The minimum absolute atomic E-state index is 0.0561. The lowest BCUT2D eigenvalue weighted by Crippen LogP contribution is -2.33. The Hall–Kier alpha value is -3.32. The van der Waals surface area contributed by atoms with Gasteiger partial charge in [-0.3, -0.25) is 9.59 Å². The third-order valence-electron chi connectivity index (χ3n) is 6.09. The first-order valence-electron chi connectivity index (χ1n) is 11.2. The zero-order valence-electron chi connectivity index (χ0n) is 19.7. The van der Waals surface area contributed by atoms with Gasteiger partial charge >= 0.3 is 0 Å². The number of likely N-dealkylation sites (tertiary alicyclic amines) is 1. The second-order valence-electron chi connectivity index (χ2n) is 7.85. The maximum Gasteiger partial charge on any atom is 0.295 e. The van der Waals surface area contributed by atoms with Gasteiger partial charge in [-0.15, -0.1) is 0 Å². The lowest BCUT2D eigenvalue weighted by molar-refractivity contribution is -0.140. The normalized spacial score (nSPS) is 17.6. The first kappa shape index (κ1) is 24.3. The summed E-state index contributed by atoms with van der Waals surface area (Å²) < 4.78 is 11.0. The number of rotatable bonds is 10. The number of nitrogens with zero attached hydrogens (tertiary/aromatic N) is 2. The Balaban J connectivity index is 2.11. The zero-order valence-corrected chi connectivity index (χ0v) is 19.7. The van der Waals surface area contributed by atoms with E-state index in [1.165, 1.54) is 12.0 Å². The molecule has 0 spiro atoms. The van der Waals surface area contributed by atoms with Crippen molar-refractivity contribution >= 4 is 17.4 Å². The number of ether oxygens (including phenoxy) is 2.